The van der Waals surface area contributed by atoms with Crippen LogP contribution in [0.15, 0.2) is 47.4 Å². The van der Waals surface area contributed by atoms with Gasteiger partial charge in [-0.1, -0.05) is 36.8 Å². The summed E-state index contributed by atoms with van der Waals surface area (Å²) in [6, 6.07) is 12.1. The number of methoxy groups -OCH3 is 1. The Morgan fingerprint density at radius 1 is 1.15 bits per heavy atom. The predicted molar refractivity (Wildman–Crippen MR) is 124 cm³/mol. The Labute approximate surface area is 196 Å². The second-order valence-corrected chi connectivity index (χ2v) is 9.54. The Kier molecular flexibility index (Phi) is 6.96. The fourth-order valence-corrected chi connectivity index (χ4v) is 6.04. The number of piperidine rings is 2. The molecule has 178 valence electrons. The van der Waals surface area contributed by atoms with Gasteiger partial charge >= 0.3 is 6.18 Å². The summed E-state index contributed by atoms with van der Waals surface area (Å²) >= 11 is 1.11. The SMILES string of the molecule is COc1cc(C(F)(F)F)cc(SC)c1C(=O)N[C@]1(c2ccccc2)CCCN2CCCC[C@@H]21. The van der Waals surface area contributed by atoms with Crippen molar-refractivity contribution in [2.24, 2.45) is 0 Å². The molecule has 8 heteroatoms. The highest BCUT2D eigenvalue weighted by atomic mass is 32.2. The summed E-state index contributed by atoms with van der Waals surface area (Å²) in [4.78, 5) is 16.5. The van der Waals surface area contributed by atoms with E-state index < -0.39 is 23.2 Å². The Morgan fingerprint density at radius 3 is 2.55 bits per heavy atom. The van der Waals surface area contributed by atoms with Gasteiger partial charge in [0.1, 0.15) is 5.75 Å². The number of hydrogen-bond donors (Lipinski definition) is 1. The number of halogens is 3. The van der Waals surface area contributed by atoms with Crippen LogP contribution in [-0.4, -0.2) is 43.3 Å². The fraction of sp³-hybridized carbons (Fsp3) is 0.480. The molecule has 1 amide bonds. The topological polar surface area (TPSA) is 41.6 Å². The maximum Gasteiger partial charge on any atom is 0.416 e. The molecule has 2 atom stereocenters. The third kappa shape index (κ3) is 4.60. The number of carbonyl (C=O) groups excluding carboxylic acids is 1. The third-order valence-corrected chi connectivity index (χ3v) is 7.65. The second kappa shape index (κ2) is 9.58. The first-order chi connectivity index (χ1) is 15.8. The van der Waals surface area contributed by atoms with Gasteiger partial charge < -0.3 is 10.1 Å². The molecule has 0 aliphatic carbocycles. The maximum absolute atomic E-state index is 13.8. The number of alkyl halides is 3. The average Bonchev–Trinajstić information content (AvgIpc) is 2.83. The van der Waals surface area contributed by atoms with Crippen molar-refractivity contribution in [3.63, 3.8) is 0 Å². The first-order valence-electron chi connectivity index (χ1n) is 11.3. The van der Waals surface area contributed by atoms with Crippen LogP contribution in [-0.2, 0) is 11.7 Å². The lowest BCUT2D eigenvalue weighted by Gasteiger charge is -2.53. The minimum atomic E-state index is -4.52. The molecule has 33 heavy (non-hydrogen) atoms. The number of fused-ring (bicyclic) bond motifs is 1. The molecule has 0 saturated carbocycles. The number of carbonyl (C=O) groups is 1. The molecule has 2 aliphatic heterocycles. The van der Waals surface area contributed by atoms with Crippen molar-refractivity contribution in [3.8, 4) is 5.75 Å². The van der Waals surface area contributed by atoms with Crippen molar-refractivity contribution in [3.05, 3.63) is 59.2 Å². The smallest absolute Gasteiger partial charge is 0.416 e. The summed E-state index contributed by atoms with van der Waals surface area (Å²) < 4.78 is 45.6. The Balaban J connectivity index is 1.79. The molecule has 0 unspecified atom stereocenters. The molecular formula is C25H29F3N2O2S. The van der Waals surface area contributed by atoms with Crippen LogP contribution in [0, 0.1) is 0 Å². The Hall–Kier alpha value is -2.19. The van der Waals surface area contributed by atoms with E-state index in [4.69, 9.17) is 4.74 Å². The van der Waals surface area contributed by atoms with Crippen LogP contribution in [0.2, 0.25) is 0 Å². The van der Waals surface area contributed by atoms with Crippen LogP contribution in [0.4, 0.5) is 13.2 Å². The maximum atomic E-state index is 13.8. The summed E-state index contributed by atoms with van der Waals surface area (Å²) in [7, 11) is 1.30. The number of ether oxygens (including phenoxy) is 1. The van der Waals surface area contributed by atoms with Gasteiger partial charge in [-0.3, -0.25) is 9.69 Å². The quantitative estimate of drug-likeness (QED) is 0.559. The van der Waals surface area contributed by atoms with E-state index in [-0.39, 0.29) is 22.3 Å². The molecule has 2 aromatic rings. The van der Waals surface area contributed by atoms with E-state index >= 15 is 0 Å². The minimum Gasteiger partial charge on any atom is -0.496 e. The average molecular weight is 479 g/mol. The molecule has 2 aliphatic rings. The van der Waals surface area contributed by atoms with E-state index in [9.17, 15) is 18.0 Å². The molecule has 0 bridgehead atoms. The summed E-state index contributed by atoms with van der Waals surface area (Å²) in [5, 5.41) is 3.32. The molecule has 2 aromatic carbocycles. The zero-order valence-electron chi connectivity index (χ0n) is 18.9. The van der Waals surface area contributed by atoms with E-state index in [0.29, 0.717) is 0 Å². The molecule has 1 N–H and O–H groups in total. The van der Waals surface area contributed by atoms with Crippen molar-refractivity contribution in [1.29, 1.82) is 0 Å². The normalized spacial score (nSPS) is 23.6. The number of rotatable bonds is 5. The van der Waals surface area contributed by atoms with E-state index in [1.165, 1.54) is 7.11 Å². The highest BCUT2D eigenvalue weighted by Gasteiger charge is 2.48. The molecule has 4 rings (SSSR count). The lowest BCUT2D eigenvalue weighted by molar-refractivity contribution is -0.137. The predicted octanol–water partition coefficient (Wildman–Crippen LogP) is 5.71. The minimum absolute atomic E-state index is 0.0637. The monoisotopic (exact) mass is 478 g/mol. The molecule has 2 heterocycles. The van der Waals surface area contributed by atoms with Crippen molar-refractivity contribution in [2.45, 2.75) is 54.8 Å². The summed E-state index contributed by atoms with van der Waals surface area (Å²) in [5.74, 6) is -0.465. The highest BCUT2D eigenvalue weighted by molar-refractivity contribution is 7.98. The zero-order valence-corrected chi connectivity index (χ0v) is 19.7. The first-order valence-corrected chi connectivity index (χ1v) is 12.5. The van der Waals surface area contributed by atoms with Crippen molar-refractivity contribution >= 4 is 17.7 Å². The van der Waals surface area contributed by atoms with Gasteiger partial charge in [-0.2, -0.15) is 13.2 Å². The lowest BCUT2D eigenvalue weighted by atomic mass is 9.72. The van der Waals surface area contributed by atoms with Gasteiger partial charge in [0.05, 0.1) is 23.8 Å². The third-order valence-electron chi connectivity index (χ3n) is 6.88. The standard InChI is InChI=1S/C25H29F3N2O2S/c1-32-19-15-18(25(26,27)28)16-20(33-2)22(19)23(31)29-24(17-9-4-3-5-10-17)12-8-14-30-13-7-6-11-21(24)30/h3-5,9-10,15-16,21H,6-8,11-14H2,1-2H3,(H,29,31)/t21-,24+/m1/s1. The number of thioether (sulfide) groups is 1. The van der Waals surface area contributed by atoms with E-state index in [2.05, 4.69) is 10.2 Å². The first kappa shape index (κ1) is 24.0. The van der Waals surface area contributed by atoms with Gasteiger partial charge in [-0.25, -0.2) is 0 Å². The lowest BCUT2D eigenvalue weighted by Crippen LogP contribution is -2.64. The van der Waals surface area contributed by atoms with Gasteiger partial charge in [-0.05, 0) is 62.7 Å². The summed E-state index contributed by atoms with van der Waals surface area (Å²) in [6.07, 6.45) is 2.05. The van der Waals surface area contributed by atoms with Gasteiger partial charge in [0, 0.05) is 10.9 Å². The second-order valence-electron chi connectivity index (χ2n) is 8.70. The van der Waals surface area contributed by atoms with E-state index in [1.807, 2.05) is 30.3 Å². The summed E-state index contributed by atoms with van der Waals surface area (Å²) in [6.45, 7) is 1.99. The van der Waals surface area contributed by atoms with Crippen molar-refractivity contribution in [1.82, 2.24) is 10.2 Å². The van der Waals surface area contributed by atoms with Crippen LogP contribution in [0.25, 0.3) is 0 Å². The van der Waals surface area contributed by atoms with Crippen molar-refractivity contribution < 1.29 is 22.7 Å². The highest BCUT2D eigenvalue weighted by Crippen LogP contribution is 2.43. The fourth-order valence-electron chi connectivity index (χ4n) is 5.40. The Morgan fingerprint density at radius 2 is 1.88 bits per heavy atom. The molecule has 0 spiro atoms. The van der Waals surface area contributed by atoms with Crippen LogP contribution >= 0.6 is 11.8 Å². The van der Waals surface area contributed by atoms with Crippen LogP contribution in [0.3, 0.4) is 0 Å². The van der Waals surface area contributed by atoms with Crippen LogP contribution < -0.4 is 10.1 Å². The van der Waals surface area contributed by atoms with Crippen LogP contribution in [0.1, 0.15) is 53.6 Å². The van der Waals surface area contributed by atoms with Crippen LogP contribution in [0.5, 0.6) is 5.75 Å². The number of nitrogens with one attached hydrogen (secondary N) is 1. The van der Waals surface area contributed by atoms with E-state index in [0.717, 1.165) is 74.7 Å². The van der Waals surface area contributed by atoms with E-state index in [1.54, 1.807) is 6.26 Å². The number of amides is 1. The molecule has 2 fully saturated rings. The van der Waals surface area contributed by atoms with Gasteiger partial charge in [0.15, 0.2) is 0 Å². The number of benzene rings is 2. The number of hydrogen-bond acceptors (Lipinski definition) is 4. The molecule has 4 nitrogen and oxygen atoms in total. The van der Waals surface area contributed by atoms with Crippen molar-refractivity contribution in [2.75, 3.05) is 26.5 Å². The largest absolute Gasteiger partial charge is 0.496 e. The molecule has 2 saturated heterocycles. The van der Waals surface area contributed by atoms with Gasteiger partial charge in [0.2, 0.25) is 0 Å². The van der Waals surface area contributed by atoms with Gasteiger partial charge in [-0.15, -0.1) is 11.8 Å². The molecule has 0 radical (unpaired) electrons. The zero-order chi connectivity index (χ0) is 23.6. The number of nitrogens with zero attached hydrogens (tertiary/aromatic N) is 1. The Bertz CT molecular complexity index is 972. The van der Waals surface area contributed by atoms with Gasteiger partial charge in [0.25, 0.3) is 5.91 Å². The molecule has 0 aromatic heterocycles. The summed E-state index contributed by atoms with van der Waals surface area (Å²) in [5.41, 5.74) is -0.248. The molecular weight excluding hydrogens is 449 g/mol.